The van der Waals surface area contributed by atoms with Crippen LogP contribution in [0.3, 0.4) is 0 Å². The van der Waals surface area contributed by atoms with E-state index >= 15 is 0 Å². The first kappa shape index (κ1) is 19.4. The minimum Gasteiger partial charge on any atom is -0.330 e. The molecule has 0 spiro atoms. The van der Waals surface area contributed by atoms with Crippen LogP contribution in [-0.2, 0) is 15.4 Å². The number of nitrogens with zero attached hydrogens (tertiary/aromatic N) is 1. The summed E-state index contributed by atoms with van der Waals surface area (Å²) in [6.45, 7) is 8.04. The van der Waals surface area contributed by atoms with Gasteiger partial charge in [0, 0.05) is 13.1 Å². The maximum absolute atomic E-state index is 12.7. The van der Waals surface area contributed by atoms with E-state index in [4.69, 9.17) is 5.73 Å². The van der Waals surface area contributed by atoms with Crippen LogP contribution in [-0.4, -0.2) is 32.4 Å². The van der Waals surface area contributed by atoms with Crippen LogP contribution in [0, 0.1) is 5.92 Å². The fraction of sp³-hybridized carbons (Fsp3) is 0.625. The van der Waals surface area contributed by atoms with E-state index in [9.17, 15) is 8.42 Å². The van der Waals surface area contributed by atoms with Crippen molar-refractivity contribution in [2.45, 2.75) is 43.9 Å². The molecule has 4 nitrogen and oxygen atoms in total. The van der Waals surface area contributed by atoms with E-state index in [0.717, 1.165) is 18.4 Å². The number of rotatable bonds is 3. The Morgan fingerprint density at radius 1 is 1.23 bits per heavy atom. The Kier molecular flexibility index (Phi) is 6.45. The highest BCUT2D eigenvalue weighted by atomic mass is 35.5. The molecule has 1 aliphatic heterocycles. The molecule has 6 heteroatoms. The summed E-state index contributed by atoms with van der Waals surface area (Å²) in [5.74, 6) is 0.280. The second-order valence-electron chi connectivity index (χ2n) is 6.88. The van der Waals surface area contributed by atoms with Gasteiger partial charge in [-0.05, 0) is 48.4 Å². The fourth-order valence-electron chi connectivity index (χ4n) is 2.71. The first-order chi connectivity index (χ1) is 9.75. The molecule has 126 valence electrons. The molecule has 1 aromatic carbocycles. The van der Waals surface area contributed by atoms with Crippen LogP contribution in [0.15, 0.2) is 29.2 Å². The Labute approximate surface area is 140 Å². The third kappa shape index (κ3) is 4.22. The highest BCUT2D eigenvalue weighted by Gasteiger charge is 2.29. The number of halogens is 1. The third-order valence-corrected chi connectivity index (χ3v) is 6.05. The molecule has 1 unspecified atom stereocenters. The van der Waals surface area contributed by atoms with Crippen LogP contribution in [0.5, 0.6) is 0 Å². The molecular formula is C16H27ClN2O2S. The lowest BCUT2D eigenvalue weighted by atomic mass is 9.87. The smallest absolute Gasteiger partial charge is 0.243 e. The van der Waals surface area contributed by atoms with Crippen molar-refractivity contribution in [1.82, 2.24) is 4.31 Å². The molecule has 1 saturated heterocycles. The van der Waals surface area contributed by atoms with Crippen molar-refractivity contribution >= 4 is 22.4 Å². The van der Waals surface area contributed by atoms with Crippen molar-refractivity contribution in [3.05, 3.63) is 29.8 Å². The van der Waals surface area contributed by atoms with E-state index < -0.39 is 10.0 Å². The zero-order valence-electron chi connectivity index (χ0n) is 13.6. The van der Waals surface area contributed by atoms with Crippen LogP contribution >= 0.6 is 12.4 Å². The van der Waals surface area contributed by atoms with Gasteiger partial charge >= 0.3 is 0 Å². The van der Waals surface area contributed by atoms with Gasteiger partial charge in [0.05, 0.1) is 4.90 Å². The largest absolute Gasteiger partial charge is 0.330 e. The van der Waals surface area contributed by atoms with Gasteiger partial charge in [0.25, 0.3) is 0 Å². The summed E-state index contributed by atoms with van der Waals surface area (Å²) >= 11 is 0. The molecule has 0 bridgehead atoms. The quantitative estimate of drug-likeness (QED) is 0.915. The summed E-state index contributed by atoms with van der Waals surface area (Å²) in [6, 6.07) is 7.28. The lowest BCUT2D eigenvalue weighted by Crippen LogP contribution is -2.41. The van der Waals surface area contributed by atoms with Gasteiger partial charge in [0.2, 0.25) is 10.0 Å². The Balaban J connectivity index is 0.00000242. The van der Waals surface area contributed by atoms with Gasteiger partial charge in [0.1, 0.15) is 0 Å². The topological polar surface area (TPSA) is 63.4 Å². The van der Waals surface area contributed by atoms with Crippen LogP contribution in [0.4, 0.5) is 0 Å². The van der Waals surface area contributed by atoms with E-state index in [1.807, 2.05) is 12.1 Å². The second-order valence-corrected chi connectivity index (χ2v) is 8.82. The summed E-state index contributed by atoms with van der Waals surface area (Å²) in [4.78, 5) is 0.383. The van der Waals surface area contributed by atoms with Crippen molar-refractivity contribution < 1.29 is 8.42 Å². The second kappa shape index (κ2) is 7.30. The summed E-state index contributed by atoms with van der Waals surface area (Å²) in [6.07, 6.45) is 1.91. The number of nitrogens with two attached hydrogens (primary N) is 1. The van der Waals surface area contributed by atoms with Crippen LogP contribution in [0.25, 0.3) is 0 Å². The van der Waals surface area contributed by atoms with Crippen molar-refractivity contribution in [1.29, 1.82) is 0 Å². The van der Waals surface area contributed by atoms with Gasteiger partial charge in [-0.3, -0.25) is 0 Å². The lowest BCUT2D eigenvalue weighted by molar-refractivity contribution is 0.271. The Morgan fingerprint density at radius 3 is 2.32 bits per heavy atom. The SMILES string of the molecule is CC(C)(C)c1ccc(S(=O)(=O)N2CCCC(CN)C2)cc1.Cl. The van der Waals surface area contributed by atoms with Crippen molar-refractivity contribution in [2.75, 3.05) is 19.6 Å². The molecule has 2 rings (SSSR count). The molecule has 1 aromatic rings. The van der Waals surface area contributed by atoms with Gasteiger partial charge in [0.15, 0.2) is 0 Å². The van der Waals surface area contributed by atoms with Gasteiger partial charge < -0.3 is 5.73 Å². The first-order valence-corrected chi connectivity index (χ1v) is 9.00. The zero-order valence-corrected chi connectivity index (χ0v) is 15.2. The molecule has 0 aromatic heterocycles. The standard InChI is InChI=1S/C16H26N2O2S.ClH/c1-16(2,3)14-6-8-15(9-7-14)21(19,20)18-10-4-5-13(11-17)12-18;/h6-9,13H,4-5,10-12,17H2,1-3H3;1H. The maximum atomic E-state index is 12.7. The molecule has 0 amide bonds. The highest BCUT2D eigenvalue weighted by molar-refractivity contribution is 7.89. The van der Waals surface area contributed by atoms with Crippen molar-refractivity contribution in [3.8, 4) is 0 Å². The Morgan fingerprint density at radius 2 is 1.82 bits per heavy atom. The van der Waals surface area contributed by atoms with E-state index in [0.29, 0.717) is 24.5 Å². The number of benzene rings is 1. The predicted molar refractivity (Wildman–Crippen MR) is 92.9 cm³/mol. The molecule has 22 heavy (non-hydrogen) atoms. The molecule has 1 atom stereocenters. The summed E-state index contributed by atoms with van der Waals surface area (Å²) in [5, 5.41) is 0. The molecule has 1 aliphatic rings. The number of hydrogen-bond acceptors (Lipinski definition) is 3. The molecule has 1 heterocycles. The van der Waals surface area contributed by atoms with Crippen LogP contribution in [0.1, 0.15) is 39.2 Å². The Bertz CT molecular complexity index is 579. The minimum absolute atomic E-state index is 0. The van der Waals surface area contributed by atoms with E-state index in [1.54, 1.807) is 16.4 Å². The van der Waals surface area contributed by atoms with Crippen LogP contribution < -0.4 is 5.73 Å². The molecule has 0 saturated carbocycles. The monoisotopic (exact) mass is 346 g/mol. The van der Waals surface area contributed by atoms with Gasteiger partial charge in [-0.25, -0.2) is 8.42 Å². The molecule has 1 fully saturated rings. The van der Waals surface area contributed by atoms with Crippen molar-refractivity contribution in [3.63, 3.8) is 0 Å². The summed E-state index contributed by atoms with van der Waals surface area (Å²) in [5.41, 5.74) is 6.86. The number of sulfonamides is 1. The molecular weight excluding hydrogens is 320 g/mol. The third-order valence-electron chi connectivity index (χ3n) is 4.17. The van der Waals surface area contributed by atoms with E-state index in [1.165, 1.54) is 0 Å². The Hall–Kier alpha value is -0.620. The average Bonchev–Trinajstić information content (AvgIpc) is 2.46. The molecule has 0 aliphatic carbocycles. The summed E-state index contributed by atoms with van der Waals surface area (Å²) < 4.78 is 27.0. The molecule has 2 N–H and O–H groups in total. The fourth-order valence-corrected chi connectivity index (χ4v) is 4.27. The van der Waals surface area contributed by atoms with Crippen molar-refractivity contribution in [2.24, 2.45) is 11.7 Å². The number of piperidine rings is 1. The highest BCUT2D eigenvalue weighted by Crippen LogP contribution is 2.26. The van der Waals surface area contributed by atoms with Gasteiger partial charge in [-0.1, -0.05) is 32.9 Å². The van der Waals surface area contributed by atoms with E-state index in [-0.39, 0.29) is 23.7 Å². The zero-order chi connectivity index (χ0) is 15.7. The lowest BCUT2D eigenvalue weighted by Gasteiger charge is -2.31. The first-order valence-electron chi connectivity index (χ1n) is 7.56. The predicted octanol–water partition coefficient (Wildman–Crippen LogP) is 2.77. The minimum atomic E-state index is -3.39. The average molecular weight is 347 g/mol. The van der Waals surface area contributed by atoms with Crippen LogP contribution in [0.2, 0.25) is 0 Å². The van der Waals surface area contributed by atoms with Gasteiger partial charge in [-0.2, -0.15) is 4.31 Å². The maximum Gasteiger partial charge on any atom is 0.243 e. The normalized spacial score (nSPS) is 20.5. The van der Waals surface area contributed by atoms with E-state index in [2.05, 4.69) is 20.8 Å². The molecule has 0 radical (unpaired) electrons. The number of hydrogen-bond donors (Lipinski definition) is 1. The summed E-state index contributed by atoms with van der Waals surface area (Å²) in [7, 11) is -3.39. The van der Waals surface area contributed by atoms with Gasteiger partial charge in [-0.15, -0.1) is 12.4 Å².